The van der Waals surface area contributed by atoms with Crippen molar-refractivity contribution < 1.29 is 17.9 Å². The third kappa shape index (κ3) is 3.65. The van der Waals surface area contributed by atoms with Crippen molar-refractivity contribution >= 4 is 10.0 Å². The summed E-state index contributed by atoms with van der Waals surface area (Å²) in [6.07, 6.45) is 1.21. The number of phenols is 1. The van der Waals surface area contributed by atoms with Gasteiger partial charge in [0.2, 0.25) is 10.0 Å². The topological polar surface area (TPSA) is 60.9 Å². The number of rotatable bonds is 3. The number of sulfonamides is 1. The van der Waals surface area contributed by atoms with Crippen LogP contribution in [0.25, 0.3) is 0 Å². The zero-order chi connectivity index (χ0) is 14.0. The molecule has 0 spiro atoms. The van der Waals surface area contributed by atoms with Crippen molar-refractivity contribution in [1.82, 2.24) is 9.21 Å². The molecular weight excluding hydrogens is 271 g/mol. The number of aromatic hydroxyl groups is 1. The third-order valence-corrected chi connectivity index (χ3v) is 4.52. The van der Waals surface area contributed by atoms with E-state index in [1.165, 1.54) is 22.7 Å². The second kappa shape index (κ2) is 5.44. The van der Waals surface area contributed by atoms with Gasteiger partial charge in [0.15, 0.2) is 11.6 Å². The van der Waals surface area contributed by atoms with Gasteiger partial charge in [0, 0.05) is 32.7 Å². The first-order chi connectivity index (χ1) is 8.86. The fraction of sp³-hybridized carbons (Fsp3) is 0.500. The van der Waals surface area contributed by atoms with Gasteiger partial charge in [-0.1, -0.05) is 6.07 Å². The van der Waals surface area contributed by atoms with Crippen LogP contribution in [0.5, 0.6) is 5.75 Å². The molecule has 1 N–H and O–H groups in total. The predicted molar refractivity (Wildman–Crippen MR) is 69.8 cm³/mol. The zero-order valence-electron chi connectivity index (χ0n) is 10.7. The minimum atomic E-state index is -3.12. The fourth-order valence-electron chi connectivity index (χ4n) is 2.13. The van der Waals surface area contributed by atoms with E-state index in [2.05, 4.69) is 4.90 Å². The average Bonchev–Trinajstić information content (AvgIpc) is 2.33. The van der Waals surface area contributed by atoms with Crippen LogP contribution in [0.2, 0.25) is 0 Å². The summed E-state index contributed by atoms with van der Waals surface area (Å²) in [5, 5.41) is 9.11. The lowest BCUT2D eigenvalue weighted by molar-refractivity contribution is 0.182. The van der Waals surface area contributed by atoms with E-state index in [0.717, 1.165) is 5.56 Å². The molecule has 0 unspecified atom stereocenters. The van der Waals surface area contributed by atoms with Crippen LogP contribution in [0.3, 0.4) is 0 Å². The molecule has 1 fully saturated rings. The number of piperazine rings is 1. The van der Waals surface area contributed by atoms with Gasteiger partial charge in [0.25, 0.3) is 0 Å². The van der Waals surface area contributed by atoms with Crippen LogP contribution in [0, 0.1) is 5.82 Å². The van der Waals surface area contributed by atoms with Crippen LogP contribution in [-0.4, -0.2) is 55.2 Å². The normalized spacial score (nSPS) is 18.6. The first-order valence-electron chi connectivity index (χ1n) is 6.01. The Hall–Kier alpha value is -1.18. The van der Waals surface area contributed by atoms with Crippen molar-refractivity contribution in [3.8, 4) is 5.75 Å². The highest BCUT2D eigenvalue weighted by Crippen LogP contribution is 2.18. The Balaban J connectivity index is 1.94. The summed E-state index contributed by atoms with van der Waals surface area (Å²) in [7, 11) is -3.12. The molecule has 0 amide bonds. The number of phenolic OH excluding ortho intramolecular Hbond substituents is 1. The minimum Gasteiger partial charge on any atom is -0.505 e. The Morgan fingerprint density at radius 3 is 2.42 bits per heavy atom. The van der Waals surface area contributed by atoms with E-state index in [0.29, 0.717) is 32.7 Å². The van der Waals surface area contributed by atoms with E-state index < -0.39 is 15.8 Å². The smallest absolute Gasteiger partial charge is 0.211 e. The lowest BCUT2D eigenvalue weighted by atomic mass is 10.2. The van der Waals surface area contributed by atoms with Crippen molar-refractivity contribution in [2.24, 2.45) is 0 Å². The molecular formula is C12H17FN2O3S. The molecule has 106 valence electrons. The minimum absolute atomic E-state index is 0.356. The summed E-state index contributed by atoms with van der Waals surface area (Å²) in [5.74, 6) is -0.988. The lowest BCUT2D eigenvalue weighted by Gasteiger charge is -2.33. The van der Waals surface area contributed by atoms with Gasteiger partial charge in [-0.2, -0.15) is 4.31 Å². The van der Waals surface area contributed by atoms with E-state index in [1.54, 1.807) is 6.07 Å². The van der Waals surface area contributed by atoms with E-state index in [1.807, 2.05) is 0 Å². The van der Waals surface area contributed by atoms with E-state index in [9.17, 15) is 12.8 Å². The van der Waals surface area contributed by atoms with Crippen molar-refractivity contribution in [1.29, 1.82) is 0 Å². The molecule has 0 radical (unpaired) electrons. The Kier molecular flexibility index (Phi) is 4.07. The maximum atomic E-state index is 13.2. The van der Waals surface area contributed by atoms with E-state index in [4.69, 9.17) is 5.11 Å². The van der Waals surface area contributed by atoms with E-state index in [-0.39, 0.29) is 5.75 Å². The summed E-state index contributed by atoms with van der Waals surface area (Å²) in [6, 6.07) is 4.30. The third-order valence-electron chi connectivity index (χ3n) is 3.22. The molecule has 1 aromatic rings. The van der Waals surface area contributed by atoms with Crippen LogP contribution in [0.15, 0.2) is 18.2 Å². The van der Waals surface area contributed by atoms with Gasteiger partial charge in [0.05, 0.1) is 6.26 Å². The number of benzene rings is 1. The highest BCUT2D eigenvalue weighted by molar-refractivity contribution is 7.88. The van der Waals surface area contributed by atoms with Gasteiger partial charge >= 0.3 is 0 Å². The first kappa shape index (κ1) is 14.2. The molecule has 0 aliphatic carbocycles. The van der Waals surface area contributed by atoms with Crippen LogP contribution in [0.4, 0.5) is 4.39 Å². The maximum Gasteiger partial charge on any atom is 0.211 e. The quantitative estimate of drug-likeness (QED) is 0.885. The predicted octanol–water partition coefficient (Wildman–Crippen LogP) is 0.608. The Morgan fingerprint density at radius 1 is 1.26 bits per heavy atom. The molecule has 0 atom stereocenters. The molecule has 5 nitrogen and oxygen atoms in total. The molecule has 0 bridgehead atoms. The Bertz CT molecular complexity index is 554. The summed E-state index contributed by atoms with van der Waals surface area (Å²) < 4.78 is 37.4. The zero-order valence-corrected chi connectivity index (χ0v) is 11.5. The fourth-order valence-corrected chi connectivity index (χ4v) is 2.95. The van der Waals surface area contributed by atoms with Gasteiger partial charge in [0.1, 0.15) is 0 Å². The monoisotopic (exact) mass is 288 g/mol. The second-order valence-corrected chi connectivity index (χ2v) is 6.71. The molecule has 0 aromatic heterocycles. The number of hydrogen-bond acceptors (Lipinski definition) is 4. The highest BCUT2D eigenvalue weighted by atomic mass is 32.2. The molecule has 2 rings (SSSR count). The van der Waals surface area contributed by atoms with Gasteiger partial charge < -0.3 is 5.11 Å². The number of hydrogen-bond donors (Lipinski definition) is 1. The Morgan fingerprint density at radius 2 is 1.89 bits per heavy atom. The maximum absolute atomic E-state index is 13.2. The van der Waals surface area contributed by atoms with Gasteiger partial charge in [-0.05, 0) is 17.7 Å². The standard InChI is InChI=1S/C12H17FN2O3S/c1-19(17,18)15-6-4-14(5-7-15)9-10-2-3-12(16)11(13)8-10/h2-3,8,16H,4-7,9H2,1H3. The molecule has 1 heterocycles. The summed E-state index contributed by atoms with van der Waals surface area (Å²) in [4.78, 5) is 2.06. The average molecular weight is 288 g/mol. The van der Waals surface area contributed by atoms with Crippen LogP contribution >= 0.6 is 0 Å². The molecule has 19 heavy (non-hydrogen) atoms. The van der Waals surface area contributed by atoms with Crippen LogP contribution < -0.4 is 0 Å². The second-order valence-electron chi connectivity index (χ2n) is 4.72. The first-order valence-corrected chi connectivity index (χ1v) is 7.86. The van der Waals surface area contributed by atoms with Crippen LogP contribution in [0.1, 0.15) is 5.56 Å². The highest BCUT2D eigenvalue weighted by Gasteiger charge is 2.23. The van der Waals surface area contributed by atoms with E-state index >= 15 is 0 Å². The summed E-state index contributed by atoms with van der Waals surface area (Å²) >= 11 is 0. The molecule has 0 saturated carbocycles. The van der Waals surface area contributed by atoms with Gasteiger partial charge in [-0.25, -0.2) is 12.8 Å². The largest absolute Gasteiger partial charge is 0.505 e. The van der Waals surface area contributed by atoms with Gasteiger partial charge in [-0.3, -0.25) is 4.90 Å². The van der Waals surface area contributed by atoms with Crippen molar-refractivity contribution in [3.05, 3.63) is 29.6 Å². The summed E-state index contributed by atoms with van der Waals surface area (Å²) in [6.45, 7) is 2.71. The Labute approximate surface area is 112 Å². The van der Waals surface area contributed by atoms with Gasteiger partial charge in [-0.15, -0.1) is 0 Å². The molecule has 1 aromatic carbocycles. The molecule has 1 saturated heterocycles. The number of halogens is 1. The molecule has 1 aliphatic rings. The SMILES string of the molecule is CS(=O)(=O)N1CCN(Cc2ccc(O)c(F)c2)CC1. The number of nitrogens with zero attached hydrogens (tertiary/aromatic N) is 2. The molecule has 1 aliphatic heterocycles. The lowest BCUT2D eigenvalue weighted by Crippen LogP contribution is -2.47. The summed E-state index contributed by atoms with van der Waals surface area (Å²) in [5.41, 5.74) is 0.767. The van der Waals surface area contributed by atoms with Crippen molar-refractivity contribution in [2.75, 3.05) is 32.4 Å². The van der Waals surface area contributed by atoms with Crippen molar-refractivity contribution in [3.63, 3.8) is 0 Å². The molecule has 7 heteroatoms. The van der Waals surface area contributed by atoms with Crippen LogP contribution in [-0.2, 0) is 16.6 Å². The van der Waals surface area contributed by atoms with Crippen molar-refractivity contribution in [2.45, 2.75) is 6.54 Å².